The summed E-state index contributed by atoms with van der Waals surface area (Å²) in [6.07, 6.45) is 3.10. The van der Waals surface area contributed by atoms with Crippen LogP contribution < -0.4 is 16.0 Å². The number of allylic oxidation sites excluding steroid dienone is 1. The van der Waals surface area contributed by atoms with Gasteiger partial charge in [-0.25, -0.2) is 14.4 Å². The normalized spacial score (nSPS) is 19.8. The number of aromatic nitrogens is 2. The molecule has 0 saturated carbocycles. The number of anilines is 2. The average molecular weight is 462 g/mol. The third kappa shape index (κ3) is 4.65. The summed E-state index contributed by atoms with van der Waals surface area (Å²) in [5, 5.41) is 4.61. The van der Waals surface area contributed by atoms with E-state index in [-0.39, 0.29) is 12.1 Å². The van der Waals surface area contributed by atoms with Crippen molar-refractivity contribution in [1.29, 1.82) is 0 Å². The molecule has 10 heteroatoms. The van der Waals surface area contributed by atoms with E-state index in [4.69, 9.17) is 22.1 Å². The van der Waals surface area contributed by atoms with Gasteiger partial charge in [-0.2, -0.15) is 0 Å². The van der Waals surface area contributed by atoms with Crippen molar-refractivity contribution >= 4 is 39.9 Å². The molecule has 172 valence electrons. The van der Waals surface area contributed by atoms with E-state index in [9.17, 15) is 4.39 Å². The number of ether oxygens (including phenoxy) is 1. The molecule has 32 heavy (non-hydrogen) atoms. The number of piperazine rings is 1. The second-order valence-corrected chi connectivity index (χ2v) is 8.79. The maximum Gasteiger partial charge on any atom is 0.227 e. The maximum atomic E-state index is 12.4. The van der Waals surface area contributed by atoms with Crippen molar-refractivity contribution in [2.24, 2.45) is 10.7 Å². The number of benzene rings is 1. The van der Waals surface area contributed by atoms with Crippen LogP contribution >= 0.6 is 11.6 Å². The van der Waals surface area contributed by atoms with Crippen LogP contribution in [0.3, 0.4) is 0 Å². The summed E-state index contributed by atoms with van der Waals surface area (Å²) in [5.41, 5.74) is 8.75. The topological polar surface area (TPSA) is 91.9 Å². The first-order valence-corrected chi connectivity index (χ1v) is 11.1. The molecule has 0 unspecified atom stereocenters. The molecule has 0 aliphatic carbocycles. The van der Waals surface area contributed by atoms with Gasteiger partial charge >= 0.3 is 0 Å². The Morgan fingerprint density at radius 1 is 1.34 bits per heavy atom. The molecule has 1 aromatic carbocycles. The van der Waals surface area contributed by atoms with Gasteiger partial charge < -0.3 is 20.7 Å². The highest BCUT2D eigenvalue weighted by Gasteiger charge is 2.40. The number of alkyl halides is 1. The van der Waals surface area contributed by atoms with Crippen LogP contribution in [0.1, 0.15) is 13.8 Å². The minimum Gasteiger partial charge on any atom is -0.403 e. The Morgan fingerprint density at radius 3 is 2.72 bits per heavy atom. The molecule has 2 aliphatic heterocycles. The van der Waals surface area contributed by atoms with Crippen molar-refractivity contribution in [2.45, 2.75) is 19.4 Å². The second-order valence-electron chi connectivity index (χ2n) is 8.38. The Balaban J connectivity index is 1.52. The number of hydrogen-bond donors (Lipinski definition) is 2. The number of halogens is 2. The summed E-state index contributed by atoms with van der Waals surface area (Å²) < 4.78 is 17.8. The molecule has 3 heterocycles. The lowest BCUT2D eigenvalue weighted by Gasteiger charge is -2.50. The average Bonchev–Trinajstić information content (AvgIpc) is 2.79. The van der Waals surface area contributed by atoms with Gasteiger partial charge in [0.2, 0.25) is 5.95 Å². The van der Waals surface area contributed by atoms with Gasteiger partial charge in [-0.05, 0) is 26.0 Å². The zero-order valence-electron chi connectivity index (χ0n) is 18.4. The van der Waals surface area contributed by atoms with Crippen LogP contribution in [0.15, 0.2) is 35.2 Å². The van der Waals surface area contributed by atoms with Gasteiger partial charge in [0, 0.05) is 44.0 Å². The Kier molecular flexibility index (Phi) is 6.78. The fraction of sp³-hybridized carbons (Fsp3) is 0.500. The second kappa shape index (κ2) is 9.56. The highest BCUT2D eigenvalue weighted by molar-refractivity contribution is 6.34. The number of nitrogens with two attached hydrogens (primary N) is 1. The molecule has 0 radical (unpaired) electrons. The number of nitrogens with zero attached hydrogens (tertiary/aromatic N) is 5. The molecule has 2 saturated heterocycles. The quantitative estimate of drug-likeness (QED) is 0.612. The van der Waals surface area contributed by atoms with Crippen LogP contribution in [-0.2, 0) is 4.74 Å². The molecule has 0 bridgehead atoms. The summed E-state index contributed by atoms with van der Waals surface area (Å²) in [7, 11) is 0. The third-order valence-corrected chi connectivity index (χ3v) is 6.40. The lowest BCUT2D eigenvalue weighted by atomic mass is 9.97. The SMILES string of the molecule is CC(=NCCF)/C(=C\N)Nc1ncc2cc(Cl)c(N3CCN(C4(C)COC4)CC3)cc2n1. The Labute approximate surface area is 192 Å². The van der Waals surface area contributed by atoms with E-state index < -0.39 is 6.67 Å². The fourth-order valence-electron chi connectivity index (χ4n) is 4.08. The van der Waals surface area contributed by atoms with E-state index in [0.717, 1.165) is 56.0 Å². The highest BCUT2D eigenvalue weighted by Crippen LogP contribution is 2.33. The van der Waals surface area contributed by atoms with Gasteiger partial charge in [0.15, 0.2) is 0 Å². The van der Waals surface area contributed by atoms with Gasteiger partial charge in [-0.15, -0.1) is 0 Å². The largest absolute Gasteiger partial charge is 0.403 e. The summed E-state index contributed by atoms with van der Waals surface area (Å²) in [4.78, 5) is 17.9. The van der Waals surface area contributed by atoms with Crippen LogP contribution in [0.5, 0.6) is 0 Å². The molecular weight excluding hydrogens is 433 g/mol. The molecule has 4 rings (SSSR count). The van der Waals surface area contributed by atoms with Crippen molar-refractivity contribution in [2.75, 3.05) is 62.8 Å². The van der Waals surface area contributed by atoms with Crippen molar-refractivity contribution in [1.82, 2.24) is 14.9 Å². The van der Waals surface area contributed by atoms with E-state index in [1.165, 1.54) is 6.20 Å². The van der Waals surface area contributed by atoms with Crippen LogP contribution in [0, 0.1) is 0 Å². The minimum atomic E-state index is -0.521. The smallest absolute Gasteiger partial charge is 0.227 e. The maximum absolute atomic E-state index is 12.4. The Morgan fingerprint density at radius 2 is 2.09 bits per heavy atom. The third-order valence-electron chi connectivity index (χ3n) is 6.09. The van der Waals surface area contributed by atoms with E-state index in [2.05, 4.69) is 37.0 Å². The van der Waals surface area contributed by atoms with Gasteiger partial charge in [-0.1, -0.05) is 11.6 Å². The van der Waals surface area contributed by atoms with Gasteiger partial charge in [0.05, 0.1) is 52.9 Å². The fourth-order valence-corrected chi connectivity index (χ4v) is 4.37. The first-order chi connectivity index (χ1) is 15.4. The first kappa shape index (κ1) is 22.7. The number of aliphatic imine (C=N–C) groups is 1. The summed E-state index contributed by atoms with van der Waals surface area (Å²) >= 11 is 6.62. The molecule has 2 fully saturated rings. The molecule has 8 nitrogen and oxygen atoms in total. The molecule has 2 aliphatic rings. The van der Waals surface area contributed by atoms with E-state index in [1.807, 2.05) is 12.1 Å². The molecular formula is C22H29ClFN7O. The molecule has 0 atom stereocenters. The number of fused-ring (bicyclic) bond motifs is 1. The minimum absolute atomic E-state index is 0.0880. The van der Waals surface area contributed by atoms with Crippen LogP contribution in [0.4, 0.5) is 16.0 Å². The van der Waals surface area contributed by atoms with Crippen LogP contribution in [0.25, 0.3) is 10.9 Å². The Hall–Kier alpha value is -2.49. The van der Waals surface area contributed by atoms with Crippen molar-refractivity contribution < 1.29 is 9.13 Å². The molecule has 2 aromatic rings. The molecule has 3 N–H and O–H groups in total. The van der Waals surface area contributed by atoms with E-state index >= 15 is 0 Å². The standard InChI is InChI=1S/C22H29ClFN7O/c1-15(26-4-3-24)19(11-25)29-21-27-12-16-9-17(23)20(10-18(16)28-21)30-5-7-31(8-6-30)22(2)13-32-14-22/h9-12H,3-8,13-14,25H2,1-2H3,(H,27,28,29)/b19-11+,26-15?. The predicted molar refractivity (Wildman–Crippen MR) is 127 cm³/mol. The lowest BCUT2D eigenvalue weighted by molar-refractivity contribution is -0.131. The summed E-state index contributed by atoms with van der Waals surface area (Å²) in [6.45, 7) is 8.89. The van der Waals surface area contributed by atoms with Crippen LogP contribution in [-0.4, -0.2) is 78.7 Å². The Bertz CT molecular complexity index is 1030. The van der Waals surface area contributed by atoms with Gasteiger partial charge in [0.1, 0.15) is 6.67 Å². The number of hydrogen-bond acceptors (Lipinski definition) is 8. The summed E-state index contributed by atoms with van der Waals surface area (Å²) in [6, 6.07) is 3.90. The van der Waals surface area contributed by atoms with Crippen molar-refractivity contribution in [3.63, 3.8) is 0 Å². The van der Waals surface area contributed by atoms with Crippen molar-refractivity contribution in [3.8, 4) is 0 Å². The van der Waals surface area contributed by atoms with E-state index in [0.29, 0.717) is 22.4 Å². The van der Waals surface area contributed by atoms with E-state index in [1.54, 1.807) is 13.1 Å². The predicted octanol–water partition coefficient (Wildman–Crippen LogP) is 2.84. The summed E-state index contributed by atoms with van der Waals surface area (Å²) in [5.74, 6) is 0.389. The zero-order chi connectivity index (χ0) is 22.7. The van der Waals surface area contributed by atoms with Crippen LogP contribution in [0.2, 0.25) is 5.02 Å². The monoisotopic (exact) mass is 461 g/mol. The molecule has 1 aromatic heterocycles. The van der Waals surface area contributed by atoms with Crippen molar-refractivity contribution in [3.05, 3.63) is 35.2 Å². The number of rotatable bonds is 7. The first-order valence-electron chi connectivity index (χ1n) is 10.7. The van der Waals surface area contributed by atoms with Gasteiger partial charge in [0.25, 0.3) is 0 Å². The molecule has 0 spiro atoms. The number of nitrogens with one attached hydrogen (secondary N) is 1. The highest BCUT2D eigenvalue weighted by atomic mass is 35.5. The molecule has 0 amide bonds. The zero-order valence-corrected chi connectivity index (χ0v) is 19.2. The van der Waals surface area contributed by atoms with Gasteiger partial charge in [-0.3, -0.25) is 9.89 Å². The lowest BCUT2D eigenvalue weighted by Crippen LogP contribution is -2.64.